The molecule has 1 saturated heterocycles. The zero-order chi connectivity index (χ0) is 18.7. The zero-order valence-corrected chi connectivity index (χ0v) is 13.6. The molecule has 0 aromatic heterocycles. The molecule has 2 N–H and O–H groups in total. The van der Waals surface area contributed by atoms with Crippen molar-refractivity contribution >= 4 is 17.6 Å². The van der Waals surface area contributed by atoms with Crippen molar-refractivity contribution in [3.05, 3.63) is 65.2 Å². The maximum atomic E-state index is 12.5. The molecule has 0 radical (unpaired) electrons. The van der Waals surface area contributed by atoms with E-state index in [-0.39, 0.29) is 18.5 Å². The van der Waals surface area contributed by atoms with Gasteiger partial charge in [-0.2, -0.15) is 13.2 Å². The molecule has 2 aromatic carbocycles. The molecule has 0 spiro atoms. The number of urea groups is 1. The number of nitrogens with zero attached hydrogens (tertiary/aromatic N) is 1. The largest absolute Gasteiger partial charge is 0.416 e. The number of amides is 3. The molecule has 0 atom stereocenters. The van der Waals surface area contributed by atoms with Crippen LogP contribution in [0.1, 0.15) is 21.5 Å². The van der Waals surface area contributed by atoms with Crippen LogP contribution < -0.4 is 15.5 Å². The van der Waals surface area contributed by atoms with Crippen LogP contribution >= 0.6 is 0 Å². The normalized spacial score (nSPS) is 14.3. The summed E-state index contributed by atoms with van der Waals surface area (Å²) >= 11 is 0. The van der Waals surface area contributed by atoms with E-state index in [1.165, 1.54) is 12.1 Å². The molecule has 3 amide bonds. The summed E-state index contributed by atoms with van der Waals surface area (Å²) < 4.78 is 37.6. The highest BCUT2D eigenvalue weighted by atomic mass is 19.4. The molecule has 0 saturated carbocycles. The summed E-state index contributed by atoms with van der Waals surface area (Å²) in [6.07, 6.45) is -4.38. The first-order valence-corrected chi connectivity index (χ1v) is 7.94. The number of carbonyl (C=O) groups is 2. The van der Waals surface area contributed by atoms with Crippen molar-refractivity contribution in [3.63, 3.8) is 0 Å². The van der Waals surface area contributed by atoms with E-state index in [9.17, 15) is 22.8 Å². The van der Waals surface area contributed by atoms with Crippen LogP contribution in [0.15, 0.2) is 48.5 Å². The lowest BCUT2D eigenvalue weighted by molar-refractivity contribution is -0.137. The predicted molar refractivity (Wildman–Crippen MR) is 89.8 cm³/mol. The predicted octanol–water partition coefficient (Wildman–Crippen LogP) is 3.17. The van der Waals surface area contributed by atoms with Gasteiger partial charge in [0.1, 0.15) is 0 Å². The minimum absolute atomic E-state index is 0.118. The number of anilines is 1. The summed E-state index contributed by atoms with van der Waals surface area (Å²) in [4.78, 5) is 25.3. The fraction of sp³-hybridized carbons (Fsp3) is 0.222. The maximum absolute atomic E-state index is 12.5. The lowest BCUT2D eigenvalue weighted by Crippen LogP contribution is -2.28. The first-order chi connectivity index (χ1) is 12.3. The van der Waals surface area contributed by atoms with Crippen LogP contribution in [0.4, 0.5) is 23.7 Å². The van der Waals surface area contributed by atoms with Crippen molar-refractivity contribution < 1.29 is 22.8 Å². The summed E-state index contributed by atoms with van der Waals surface area (Å²) in [6, 6.07) is 11.0. The molecular formula is C18H16F3N3O2. The number of halogens is 3. The fourth-order valence-corrected chi connectivity index (χ4v) is 2.61. The van der Waals surface area contributed by atoms with Crippen molar-refractivity contribution in [3.8, 4) is 0 Å². The maximum Gasteiger partial charge on any atom is 0.416 e. The van der Waals surface area contributed by atoms with Crippen LogP contribution in [0, 0.1) is 0 Å². The third kappa shape index (κ3) is 3.96. The molecule has 1 aliphatic rings. The third-order valence-corrected chi connectivity index (χ3v) is 4.03. The fourth-order valence-electron chi connectivity index (χ4n) is 2.61. The minimum Gasteiger partial charge on any atom is -0.348 e. The van der Waals surface area contributed by atoms with Crippen molar-refractivity contribution in [1.82, 2.24) is 10.6 Å². The second-order valence-electron chi connectivity index (χ2n) is 5.81. The van der Waals surface area contributed by atoms with Crippen LogP contribution in [0.5, 0.6) is 0 Å². The number of hydrogen-bond acceptors (Lipinski definition) is 2. The highest BCUT2D eigenvalue weighted by Crippen LogP contribution is 2.29. The minimum atomic E-state index is -4.38. The van der Waals surface area contributed by atoms with Gasteiger partial charge < -0.3 is 10.6 Å². The molecular weight excluding hydrogens is 347 g/mol. The van der Waals surface area contributed by atoms with Gasteiger partial charge in [-0.25, -0.2) is 4.79 Å². The Balaban J connectivity index is 1.59. The highest BCUT2D eigenvalue weighted by Gasteiger charge is 2.29. The van der Waals surface area contributed by atoms with E-state index in [1.807, 2.05) is 0 Å². The summed E-state index contributed by atoms with van der Waals surface area (Å²) in [5.74, 6) is -0.345. The van der Waals surface area contributed by atoms with Gasteiger partial charge in [0, 0.05) is 30.9 Å². The van der Waals surface area contributed by atoms with Crippen LogP contribution in [0.2, 0.25) is 0 Å². The lowest BCUT2D eigenvalue weighted by atomic mass is 10.1. The Morgan fingerprint density at radius 2 is 1.73 bits per heavy atom. The summed E-state index contributed by atoms with van der Waals surface area (Å²) in [6.45, 7) is 1.26. The van der Waals surface area contributed by atoms with Crippen molar-refractivity contribution in [2.45, 2.75) is 12.7 Å². The summed E-state index contributed by atoms with van der Waals surface area (Å²) in [5.41, 5.74) is 0.936. The average molecular weight is 363 g/mol. The Bertz CT molecular complexity index is 802. The number of hydrogen-bond donors (Lipinski definition) is 2. The van der Waals surface area contributed by atoms with Gasteiger partial charge in [-0.05, 0) is 42.0 Å². The van der Waals surface area contributed by atoms with Gasteiger partial charge in [0.15, 0.2) is 0 Å². The van der Waals surface area contributed by atoms with E-state index >= 15 is 0 Å². The second-order valence-corrected chi connectivity index (χ2v) is 5.81. The molecule has 0 unspecified atom stereocenters. The van der Waals surface area contributed by atoms with Gasteiger partial charge >= 0.3 is 12.2 Å². The average Bonchev–Trinajstić information content (AvgIpc) is 3.05. The van der Waals surface area contributed by atoms with Gasteiger partial charge in [0.05, 0.1) is 5.56 Å². The van der Waals surface area contributed by atoms with Gasteiger partial charge in [0.2, 0.25) is 0 Å². The SMILES string of the molecule is O=C(NCc1ccc(C(F)(F)F)cc1)c1ccc(N2CCNC2=O)cc1. The van der Waals surface area contributed by atoms with E-state index in [0.29, 0.717) is 29.9 Å². The van der Waals surface area contributed by atoms with Crippen molar-refractivity contribution in [1.29, 1.82) is 0 Å². The third-order valence-electron chi connectivity index (χ3n) is 4.03. The molecule has 26 heavy (non-hydrogen) atoms. The first-order valence-electron chi connectivity index (χ1n) is 7.94. The van der Waals surface area contributed by atoms with Crippen LogP contribution in [0.25, 0.3) is 0 Å². The van der Waals surface area contributed by atoms with E-state index in [0.717, 1.165) is 12.1 Å². The number of carbonyl (C=O) groups excluding carboxylic acids is 2. The monoisotopic (exact) mass is 363 g/mol. The van der Waals surface area contributed by atoms with E-state index < -0.39 is 11.7 Å². The Morgan fingerprint density at radius 3 is 2.27 bits per heavy atom. The Kier molecular flexibility index (Phi) is 4.83. The van der Waals surface area contributed by atoms with Crippen LogP contribution in [-0.2, 0) is 12.7 Å². The molecule has 2 aromatic rings. The Hall–Kier alpha value is -3.03. The molecule has 5 nitrogen and oxygen atoms in total. The van der Waals surface area contributed by atoms with Gasteiger partial charge in [-0.3, -0.25) is 9.69 Å². The quantitative estimate of drug-likeness (QED) is 0.877. The van der Waals surface area contributed by atoms with Crippen molar-refractivity contribution in [2.75, 3.05) is 18.0 Å². The van der Waals surface area contributed by atoms with Gasteiger partial charge in [0.25, 0.3) is 5.91 Å². The molecule has 1 aliphatic heterocycles. The second kappa shape index (κ2) is 7.07. The number of rotatable bonds is 4. The lowest BCUT2D eigenvalue weighted by Gasteiger charge is -2.14. The molecule has 0 bridgehead atoms. The molecule has 136 valence electrons. The smallest absolute Gasteiger partial charge is 0.348 e. The molecule has 0 aliphatic carbocycles. The van der Waals surface area contributed by atoms with E-state index in [1.54, 1.807) is 29.2 Å². The number of benzene rings is 2. The molecule has 1 fully saturated rings. The summed E-state index contributed by atoms with van der Waals surface area (Å²) in [5, 5.41) is 5.35. The standard InChI is InChI=1S/C18H16F3N3O2/c19-18(20,21)14-5-1-12(2-6-14)11-23-16(25)13-3-7-15(8-4-13)24-10-9-22-17(24)26/h1-8H,9-11H2,(H,22,26)(H,23,25). The molecule has 1 heterocycles. The first kappa shape index (κ1) is 17.8. The topological polar surface area (TPSA) is 61.4 Å². The summed E-state index contributed by atoms with van der Waals surface area (Å²) in [7, 11) is 0. The molecule has 8 heteroatoms. The Labute approximate surface area is 147 Å². The molecule has 3 rings (SSSR count). The van der Waals surface area contributed by atoms with E-state index in [4.69, 9.17) is 0 Å². The van der Waals surface area contributed by atoms with Crippen molar-refractivity contribution in [2.24, 2.45) is 0 Å². The Morgan fingerprint density at radius 1 is 1.08 bits per heavy atom. The van der Waals surface area contributed by atoms with Crippen LogP contribution in [-0.4, -0.2) is 25.0 Å². The number of alkyl halides is 3. The van der Waals surface area contributed by atoms with Gasteiger partial charge in [-0.15, -0.1) is 0 Å². The van der Waals surface area contributed by atoms with Gasteiger partial charge in [-0.1, -0.05) is 12.1 Å². The van der Waals surface area contributed by atoms with E-state index in [2.05, 4.69) is 10.6 Å². The highest BCUT2D eigenvalue weighted by molar-refractivity contribution is 5.96. The number of nitrogens with one attached hydrogen (secondary N) is 2. The van der Waals surface area contributed by atoms with Crippen LogP contribution in [0.3, 0.4) is 0 Å². The zero-order valence-electron chi connectivity index (χ0n) is 13.6.